The molecular weight excluding hydrogens is 296 g/mol. The third kappa shape index (κ3) is 3.23. The molecule has 3 rings (SSSR count). The number of aromatic nitrogens is 2. The molecule has 0 bridgehead atoms. The van der Waals surface area contributed by atoms with Gasteiger partial charge in [-0.15, -0.1) is 0 Å². The molecule has 0 unspecified atom stereocenters. The van der Waals surface area contributed by atoms with Gasteiger partial charge in [0.25, 0.3) is 0 Å². The number of rotatable bonds is 5. The van der Waals surface area contributed by atoms with Gasteiger partial charge in [0.05, 0.1) is 4.92 Å². The quantitative estimate of drug-likeness (QED) is 0.520. The molecule has 0 saturated carbocycles. The fourth-order valence-electron chi connectivity index (χ4n) is 2.84. The van der Waals surface area contributed by atoms with Crippen molar-refractivity contribution in [1.29, 1.82) is 0 Å². The number of nitrogens with one attached hydrogen (secondary N) is 1. The number of nitrogens with zero attached hydrogens (tertiary/aromatic N) is 3. The van der Waals surface area contributed by atoms with Gasteiger partial charge in [0.1, 0.15) is 5.65 Å². The van der Waals surface area contributed by atoms with Crippen LogP contribution in [0, 0.1) is 10.1 Å². The van der Waals surface area contributed by atoms with E-state index in [1.165, 1.54) is 29.0 Å². The molecule has 0 radical (unpaired) electrons. The second kappa shape index (κ2) is 6.60. The van der Waals surface area contributed by atoms with E-state index in [1.807, 2.05) is 0 Å². The summed E-state index contributed by atoms with van der Waals surface area (Å²) in [6, 6.07) is 5.03. The summed E-state index contributed by atoms with van der Waals surface area (Å²) in [5.74, 6) is 0.0441. The van der Waals surface area contributed by atoms with E-state index in [2.05, 4.69) is 16.4 Å². The molecule has 0 atom stereocenters. The van der Waals surface area contributed by atoms with Gasteiger partial charge in [-0.3, -0.25) is 19.3 Å². The Morgan fingerprint density at radius 2 is 2.22 bits per heavy atom. The second-order valence-electron chi connectivity index (χ2n) is 5.59. The predicted octanol–water partition coefficient (Wildman–Crippen LogP) is 2.91. The molecule has 1 N–H and O–H groups in total. The van der Waals surface area contributed by atoms with Crippen LogP contribution in [0.4, 0.5) is 11.5 Å². The first kappa shape index (κ1) is 15.2. The van der Waals surface area contributed by atoms with Gasteiger partial charge in [-0.05, 0) is 44.2 Å². The van der Waals surface area contributed by atoms with Crippen molar-refractivity contribution >= 4 is 17.2 Å². The Morgan fingerprint density at radius 1 is 1.35 bits per heavy atom. The maximum Gasteiger partial charge on any atom is 0.376 e. The van der Waals surface area contributed by atoms with E-state index in [-0.39, 0.29) is 5.82 Å². The van der Waals surface area contributed by atoms with Crippen molar-refractivity contribution in [2.24, 2.45) is 0 Å². The Kier molecular flexibility index (Phi) is 4.36. The third-order valence-electron chi connectivity index (χ3n) is 4.02. The molecule has 1 aliphatic rings. The summed E-state index contributed by atoms with van der Waals surface area (Å²) in [5.41, 5.74) is 0.581. The maximum absolute atomic E-state index is 12.3. The molecule has 7 nitrogen and oxygen atoms in total. The summed E-state index contributed by atoms with van der Waals surface area (Å²) >= 11 is 0. The van der Waals surface area contributed by atoms with Gasteiger partial charge >= 0.3 is 11.2 Å². The molecular formula is C16H18N4O3. The number of hydrogen-bond donors (Lipinski definition) is 1. The molecule has 2 heterocycles. The largest absolute Gasteiger partial charge is 0.376 e. The highest BCUT2D eigenvalue weighted by molar-refractivity contribution is 5.59. The first-order valence-electron chi connectivity index (χ1n) is 7.74. The van der Waals surface area contributed by atoms with Crippen molar-refractivity contribution in [3.63, 3.8) is 0 Å². The van der Waals surface area contributed by atoms with Crippen LogP contribution in [0.25, 0.3) is 5.65 Å². The molecule has 0 saturated heterocycles. The van der Waals surface area contributed by atoms with Crippen LogP contribution in [0.5, 0.6) is 0 Å². The van der Waals surface area contributed by atoms with Crippen molar-refractivity contribution in [1.82, 2.24) is 9.38 Å². The maximum atomic E-state index is 12.3. The lowest BCUT2D eigenvalue weighted by Gasteiger charge is -2.13. The molecule has 0 aromatic carbocycles. The minimum atomic E-state index is -0.670. The highest BCUT2D eigenvalue weighted by Crippen LogP contribution is 2.22. The van der Waals surface area contributed by atoms with Gasteiger partial charge in [-0.2, -0.15) is 0 Å². The smallest absolute Gasteiger partial charge is 0.364 e. The van der Waals surface area contributed by atoms with Crippen LogP contribution >= 0.6 is 0 Å². The monoisotopic (exact) mass is 314 g/mol. The lowest BCUT2D eigenvalue weighted by Crippen LogP contribution is -2.21. The van der Waals surface area contributed by atoms with Crippen molar-refractivity contribution in [2.45, 2.75) is 32.1 Å². The first-order valence-corrected chi connectivity index (χ1v) is 7.74. The summed E-state index contributed by atoms with van der Waals surface area (Å²) in [4.78, 5) is 27.1. The van der Waals surface area contributed by atoms with Crippen LogP contribution in [-0.4, -0.2) is 20.9 Å². The Labute approximate surface area is 132 Å². The zero-order valence-electron chi connectivity index (χ0n) is 12.7. The SMILES string of the molecule is O=c1c([N+](=O)[O-])c(NCCC2=CCCCC2)nc2ccccn12. The molecule has 0 spiro atoms. The Bertz CT molecular complexity index is 826. The van der Waals surface area contributed by atoms with E-state index in [0.717, 1.165) is 19.3 Å². The summed E-state index contributed by atoms with van der Waals surface area (Å²) < 4.78 is 1.19. The van der Waals surface area contributed by atoms with Gasteiger partial charge in [-0.25, -0.2) is 4.98 Å². The van der Waals surface area contributed by atoms with Crippen molar-refractivity contribution < 1.29 is 4.92 Å². The summed E-state index contributed by atoms with van der Waals surface area (Å²) in [5, 5.41) is 14.2. The van der Waals surface area contributed by atoms with Gasteiger partial charge in [0.15, 0.2) is 0 Å². The van der Waals surface area contributed by atoms with E-state index in [9.17, 15) is 14.9 Å². The average Bonchev–Trinajstić information content (AvgIpc) is 2.55. The van der Waals surface area contributed by atoms with Crippen molar-refractivity contribution in [3.8, 4) is 0 Å². The van der Waals surface area contributed by atoms with Crippen LogP contribution in [-0.2, 0) is 0 Å². The molecule has 0 amide bonds. The zero-order chi connectivity index (χ0) is 16.2. The molecule has 23 heavy (non-hydrogen) atoms. The number of anilines is 1. The lowest BCUT2D eigenvalue weighted by molar-refractivity contribution is -0.385. The van der Waals surface area contributed by atoms with Crippen LogP contribution in [0.2, 0.25) is 0 Å². The van der Waals surface area contributed by atoms with Crippen molar-refractivity contribution in [3.05, 3.63) is 56.5 Å². The highest BCUT2D eigenvalue weighted by Gasteiger charge is 2.23. The first-order chi connectivity index (χ1) is 11.2. The van der Waals surface area contributed by atoms with E-state index in [0.29, 0.717) is 12.2 Å². The normalized spacial score (nSPS) is 14.5. The molecule has 7 heteroatoms. The fourth-order valence-corrected chi connectivity index (χ4v) is 2.84. The summed E-state index contributed by atoms with van der Waals surface area (Å²) in [6.45, 7) is 0.530. The standard InChI is InChI=1S/C16H18N4O3/c21-16-14(20(22)23)15(18-13-8-4-5-11-19(13)16)17-10-9-12-6-2-1-3-7-12/h4-6,8,11,17H,1-3,7,9-10H2. The van der Waals surface area contributed by atoms with E-state index >= 15 is 0 Å². The van der Waals surface area contributed by atoms with Crippen molar-refractivity contribution in [2.75, 3.05) is 11.9 Å². The van der Waals surface area contributed by atoms with E-state index in [4.69, 9.17) is 0 Å². The number of allylic oxidation sites excluding steroid dienone is 1. The average molecular weight is 314 g/mol. The number of fused-ring (bicyclic) bond motifs is 1. The van der Waals surface area contributed by atoms with Gasteiger partial charge in [0.2, 0.25) is 5.82 Å². The topological polar surface area (TPSA) is 89.5 Å². The second-order valence-corrected chi connectivity index (χ2v) is 5.59. The predicted molar refractivity (Wildman–Crippen MR) is 87.8 cm³/mol. The molecule has 120 valence electrons. The zero-order valence-corrected chi connectivity index (χ0v) is 12.7. The molecule has 0 aliphatic heterocycles. The third-order valence-corrected chi connectivity index (χ3v) is 4.02. The Morgan fingerprint density at radius 3 is 2.96 bits per heavy atom. The molecule has 2 aromatic rings. The lowest BCUT2D eigenvalue weighted by atomic mass is 9.97. The number of hydrogen-bond acceptors (Lipinski definition) is 5. The summed E-state index contributed by atoms with van der Waals surface area (Å²) in [6.07, 6.45) is 9.14. The number of nitro groups is 1. The molecule has 2 aromatic heterocycles. The van der Waals surface area contributed by atoms with Crippen LogP contribution < -0.4 is 10.9 Å². The Balaban J connectivity index is 1.86. The molecule has 0 fully saturated rings. The van der Waals surface area contributed by atoms with Gasteiger partial charge in [0, 0.05) is 12.7 Å². The minimum Gasteiger partial charge on any atom is -0.364 e. The van der Waals surface area contributed by atoms with Gasteiger partial charge in [-0.1, -0.05) is 17.7 Å². The highest BCUT2D eigenvalue weighted by atomic mass is 16.6. The van der Waals surface area contributed by atoms with E-state index in [1.54, 1.807) is 18.2 Å². The summed E-state index contributed by atoms with van der Waals surface area (Å²) in [7, 11) is 0. The van der Waals surface area contributed by atoms with Crippen LogP contribution in [0.15, 0.2) is 40.8 Å². The van der Waals surface area contributed by atoms with E-state index < -0.39 is 16.2 Å². The minimum absolute atomic E-state index is 0.0441. The van der Waals surface area contributed by atoms with Crippen LogP contribution in [0.1, 0.15) is 32.1 Å². The fraction of sp³-hybridized carbons (Fsp3) is 0.375. The number of pyridine rings is 1. The van der Waals surface area contributed by atoms with Crippen LogP contribution in [0.3, 0.4) is 0 Å². The van der Waals surface area contributed by atoms with Gasteiger partial charge < -0.3 is 5.32 Å². The molecule has 1 aliphatic carbocycles. The Hall–Kier alpha value is -2.70.